The van der Waals surface area contributed by atoms with E-state index in [2.05, 4.69) is 17.1 Å². The van der Waals surface area contributed by atoms with Crippen LogP contribution in [-0.2, 0) is 9.59 Å². The van der Waals surface area contributed by atoms with E-state index in [4.69, 9.17) is 12.3 Å². The maximum Gasteiger partial charge on any atom is 0.301 e. The van der Waals surface area contributed by atoms with Crippen molar-refractivity contribution < 1.29 is 19.8 Å². The number of fused-ring (bicyclic) bond motifs is 1. The van der Waals surface area contributed by atoms with E-state index in [0.717, 1.165) is 38.5 Å². The molecule has 5 aliphatic carbocycles. The lowest BCUT2D eigenvalue weighted by molar-refractivity contribution is -0.182. The van der Waals surface area contributed by atoms with Crippen molar-refractivity contribution in [3.05, 3.63) is 11.4 Å². The molecule has 8 unspecified atom stereocenters. The summed E-state index contributed by atoms with van der Waals surface area (Å²) in [6, 6.07) is -1.91. The second-order valence-electron chi connectivity index (χ2n) is 11.7. The van der Waals surface area contributed by atoms with Gasteiger partial charge in [-0.2, -0.15) is 0 Å². The fraction of sp³-hybridized carbons (Fsp3) is 0.870. The van der Waals surface area contributed by atoms with Crippen molar-refractivity contribution in [1.29, 1.82) is 0 Å². The molecular weight excluding hydrogens is 396 g/mol. The van der Waals surface area contributed by atoms with Crippen LogP contribution in [0, 0.1) is 29.2 Å². The SMILES string of the molecule is [C-]#[N+]C1CC2(C)CC2N1C(=O)C(NC(=O)C(N)C(C)O)C12CC3CC(CC(O)(C3)C1)C2. The van der Waals surface area contributed by atoms with Gasteiger partial charge in [-0.1, -0.05) is 6.92 Å². The standard InChI is InChI=1S/C23H34N4O4/c1-12(28)17(24)19(29)26-18(20(30)27-15-9-21(15,2)10-16(27)25-3)22-5-13-4-14(6-22)8-23(31,7-13)11-22/h12-18,28,31H,4-11,24H2,1-2H3,(H,26,29). The van der Waals surface area contributed by atoms with Crippen molar-refractivity contribution in [2.24, 2.45) is 28.4 Å². The summed E-state index contributed by atoms with van der Waals surface area (Å²) in [7, 11) is 0. The third kappa shape index (κ3) is 3.20. The summed E-state index contributed by atoms with van der Waals surface area (Å²) in [5, 5.41) is 24.0. The van der Waals surface area contributed by atoms with Crippen LogP contribution in [0.3, 0.4) is 0 Å². The van der Waals surface area contributed by atoms with Gasteiger partial charge in [-0.25, -0.2) is 6.57 Å². The number of nitrogens with two attached hydrogens (primary N) is 1. The summed E-state index contributed by atoms with van der Waals surface area (Å²) >= 11 is 0. The first-order valence-electron chi connectivity index (χ1n) is 11.6. The topological polar surface area (TPSA) is 120 Å². The number of carbonyl (C=O) groups excluding carboxylic acids is 2. The summed E-state index contributed by atoms with van der Waals surface area (Å²) in [4.78, 5) is 32.4. The van der Waals surface area contributed by atoms with Gasteiger partial charge in [-0.05, 0) is 69.1 Å². The first-order valence-corrected chi connectivity index (χ1v) is 11.6. The minimum absolute atomic E-state index is 0.00484. The summed E-state index contributed by atoms with van der Waals surface area (Å²) < 4.78 is 0. The largest absolute Gasteiger partial charge is 0.391 e. The Bertz CT molecular complexity index is 839. The smallest absolute Gasteiger partial charge is 0.301 e. The average Bonchev–Trinajstić information content (AvgIpc) is 3.23. The molecule has 5 saturated carbocycles. The average molecular weight is 431 g/mol. The van der Waals surface area contributed by atoms with Crippen LogP contribution in [0.5, 0.6) is 0 Å². The summed E-state index contributed by atoms with van der Waals surface area (Å²) in [6.07, 6.45) is 4.71. The van der Waals surface area contributed by atoms with E-state index >= 15 is 0 Å². The molecular formula is C23H34N4O4. The number of hydrogen-bond acceptors (Lipinski definition) is 5. The number of amides is 2. The number of carbonyl (C=O) groups is 2. The van der Waals surface area contributed by atoms with Crippen LogP contribution >= 0.6 is 0 Å². The van der Waals surface area contributed by atoms with Gasteiger partial charge in [0.1, 0.15) is 12.1 Å². The Hall–Kier alpha value is -1.69. The maximum absolute atomic E-state index is 14.0. The second-order valence-corrected chi connectivity index (χ2v) is 11.7. The third-order valence-corrected chi connectivity index (χ3v) is 9.06. The molecule has 5 N–H and O–H groups in total. The van der Waals surface area contributed by atoms with E-state index in [-0.39, 0.29) is 17.4 Å². The molecule has 31 heavy (non-hydrogen) atoms. The van der Waals surface area contributed by atoms with Crippen LogP contribution < -0.4 is 11.1 Å². The summed E-state index contributed by atoms with van der Waals surface area (Å²) in [5.41, 5.74) is 4.60. The lowest BCUT2D eigenvalue weighted by Gasteiger charge is -2.62. The molecule has 8 heteroatoms. The van der Waals surface area contributed by atoms with Gasteiger partial charge in [0.15, 0.2) is 0 Å². The number of aliphatic hydroxyl groups excluding tert-OH is 1. The van der Waals surface area contributed by atoms with Crippen molar-refractivity contribution in [3.8, 4) is 0 Å². The van der Waals surface area contributed by atoms with Gasteiger partial charge in [0.2, 0.25) is 5.91 Å². The van der Waals surface area contributed by atoms with Crippen LogP contribution in [0.4, 0.5) is 0 Å². The molecule has 2 amide bonds. The van der Waals surface area contributed by atoms with E-state index in [1.54, 1.807) is 4.90 Å². The second kappa shape index (κ2) is 6.66. The summed E-state index contributed by atoms with van der Waals surface area (Å²) in [5.74, 6) is -0.0484. The Kier molecular flexibility index (Phi) is 4.55. The van der Waals surface area contributed by atoms with Crippen molar-refractivity contribution in [3.63, 3.8) is 0 Å². The van der Waals surface area contributed by atoms with Crippen LogP contribution in [0.25, 0.3) is 4.85 Å². The van der Waals surface area contributed by atoms with Crippen LogP contribution in [-0.4, -0.2) is 62.9 Å². The first-order chi connectivity index (χ1) is 14.5. The van der Waals surface area contributed by atoms with Gasteiger partial charge in [-0.15, -0.1) is 0 Å². The number of nitrogens with zero attached hydrogens (tertiary/aromatic N) is 2. The predicted octanol–water partition coefficient (Wildman–Crippen LogP) is 0.767. The van der Waals surface area contributed by atoms with Crippen LogP contribution in [0.15, 0.2) is 0 Å². The number of nitrogens with one attached hydrogen (secondary N) is 1. The zero-order chi connectivity index (χ0) is 22.3. The van der Waals surface area contributed by atoms with E-state index in [1.165, 1.54) is 6.92 Å². The maximum atomic E-state index is 14.0. The van der Waals surface area contributed by atoms with E-state index in [0.29, 0.717) is 24.7 Å². The number of aliphatic hydroxyl groups is 2. The zero-order valence-electron chi connectivity index (χ0n) is 18.4. The molecule has 8 nitrogen and oxygen atoms in total. The van der Waals surface area contributed by atoms with Gasteiger partial charge in [0.05, 0.1) is 18.1 Å². The van der Waals surface area contributed by atoms with Crippen molar-refractivity contribution in [2.45, 2.75) is 101 Å². The van der Waals surface area contributed by atoms with Crippen molar-refractivity contribution in [1.82, 2.24) is 10.2 Å². The minimum atomic E-state index is -1.13. The monoisotopic (exact) mass is 430 g/mol. The molecule has 1 heterocycles. The minimum Gasteiger partial charge on any atom is -0.391 e. The van der Waals surface area contributed by atoms with E-state index in [1.807, 2.05) is 0 Å². The highest BCUT2D eigenvalue weighted by atomic mass is 16.3. The molecule has 1 saturated heterocycles. The van der Waals surface area contributed by atoms with Gasteiger partial charge in [0, 0.05) is 11.5 Å². The number of piperidine rings is 1. The molecule has 0 aromatic heterocycles. The Morgan fingerprint density at radius 2 is 1.84 bits per heavy atom. The number of hydrogen-bond donors (Lipinski definition) is 4. The highest BCUT2D eigenvalue weighted by molar-refractivity contribution is 5.91. The normalized spacial score (nSPS) is 47.3. The van der Waals surface area contributed by atoms with Gasteiger partial charge >= 0.3 is 6.17 Å². The van der Waals surface area contributed by atoms with Gasteiger partial charge in [0.25, 0.3) is 5.91 Å². The molecule has 6 rings (SSSR count). The number of rotatable bonds is 5. The van der Waals surface area contributed by atoms with E-state index < -0.39 is 41.3 Å². The molecule has 0 aromatic rings. The fourth-order valence-corrected chi connectivity index (χ4v) is 7.87. The zero-order valence-corrected chi connectivity index (χ0v) is 18.4. The molecule has 8 atom stereocenters. The molecule has 0 radical (unpaired) electrons. The first kappa shape index (κ1) is 21.2. The fourth-order valence-electron chi connectivity index (χ4n) is 7.87. The molecule has 170 valence electrons. The molecule has 0 aromatic carbocycles. The van der Waals surface area contributed by atoms with Gasteiger partial charge < -0.3 is 21.3 Å². The molecule has 6 fully saturated rings. The van der Waals surface area contributed by atoms with Crippen LogP contribution in [0.1, 0.15) is 65.2 Å². The Morgan fingerprint density at radius 1 is 1.19 bits per heavy atom. The lowest BCUT2D eigenvalue weighted by atomic mass is 9.46. The van der Waals surface area contributed by atoms with Gasteiger partial charge in [-0.3, -0.25) is 19.3 Å². The molecule has 4 bridgehead atoms. The Labute approximate surface area is 183 Å². The molecule has 1 aliphatic heterocycles. The van der Waals surface area contributed by atoms with Crippen molar-refractivity contribution >= 4 is 11.8 Å². The Balaban J connectivity index is 1.49. The molecule has 0 spiro atoms. The predicted molar refractivity (Wildman–Crippen MR) is 112 cm³/mol. The third-order valence-electron chi connectivity index (χ3n) is 9.06. The highest BCUT2D eigenvalue weighted by Crippen LogP contribution is 2.64. The Morgan fingerprint density at radius 3 is 2.39 bits per heavy atom. The van der Waals surface area contributed by atoms with Crippen molar-refractivity contribution in [2.75, 3.05) is 0 Å². The van der Waals surface area contributed by atoms with Crippen LogP contribution in [0.2, 0.25) is 0 Å². The number of likely N-dealkylation sites (tertiary alicyclic amines) is 1. The van der Waals surface area contributed by atoms with E-state index in [9.17, 15) is 19.8 Å². The highest BCUT2D eigenvalue weighted by Gasteiger charge is 2.68. The molecule has 6 aliphatic rings. The lowest BCUT2D eigenvalue weighted by Crippen LogP contribution is -2.67. The summed E-state index contributed by atoms with van der Waals surface area (Å²) in [6.45, 7) is 11.2. The quantitative estimate of drug-likeness (QED) is 0.480.